The van der Waals surface area contributed by atoms with Crippen molar-refractivity contribution in [1.82, 2.24) is 15.0 Å². The molecule has 1 saturated heterocycles. The molecule has 1 amide bonds. The van der Waals surface area contributed by atoms with Crippen molar-refractivity contribution in [2.24, 2.45) is 0 Å². The fourth-order valence-electron chi connectivity index (χ4n) is 2.93. The molecule has 1 aromatic carbocycles. The first-order valence-electron chi connectivity index (χ1n) is 7.77. The van der Waals surface area contributed by atoms with Gasteiger partial charge in [0.2, 0.25) is 5.91 Å². The van der Waals surface area contributed by atoms with Crippen LogP contribution in [0.3, 0.4) is 0 Å². The second-order valence-electron chi connectivity index (χ2n) is 5.86. The van der Waals surface area contributed by atoms with E-state index < -0.39 is 0 Å². The molecule has 1 fully saturated rings. The number of halogens is 1. The van der Waals surface area contributed by atoms with Crippen LogP contribution >= 0.6 is 11.6 Å². The number of rotatable bonds is 4. The second-order valence-corrected chi connectivity index (χ2v) is 6.25. The van der Waals surface area contributed by atoms with Crippen LogP contribution in [0.25, 0.3) is 0 Å². The van der Waals surface area contributed by atoms with Gasteiger partial charge < -0.3 is 9.42 Å². The van der Waals surface area contributed by atoms with Crippen LogP contribution in [0.5, 0.6) is 0 Å². The van der Waals surface area contributed by atoms with Gasteiger partial charge in [0.05, 0.1) is 6.04 Å². The van der Waals surface area contributed by atoms with Gasteiger partial charge in [0.1, 0.15) is 5.76 Å². The summed E-state index contributed by atoms with van der Waals surface area (Å²) in [5.74, 6) is 0.795. The molecule has 0 unspecified atom stereocenters. The largest absolute Gasteiger partial charge is 0.360 e. The third-order valence-electron chi connectivity index (χ3n) is 4.30. The van der Waals surface area contributed by atoms with E-state index in [9.17, 15) is 4.79 Å². The minimum atomic E-state index is 0.145. The highest BCUT2D eigenvalue weighted by Crippen LogP contribution is 2.24. The van der Waals surface area contributed by atoms with Gasteiger partial charge in [-0.1, -0.05) is 47.1 Å². The molecule has 6 heteroatoms. The van der Waals surface area contributed by atoms with E-state index in [4.69, 9.17) is 16.1 Å². The second kappa shape index (κ2) is 7.15. The Labute approximate surface area is 140 Å². The van der Waals surface area contributed by atoms with Crippen molar-refractivity contribution in [2.75, 3.05) is 26.7 Å². The average Bonchev–Trinajstić information content (AvgIpc) is 2.99. The predicted octanol–water partition coefficient (Wildman–Crippen LogP) is 2.78. The van der Waals surface area contributed by atoms with Gasteiger partial charge in [-0.3, -0.25) is 9.69 Å². The summed E-state index contributed by atoms with van der Waals surface area (Å²) in [5.41, 5.74) is 1.24. The number of aromatic nitrogens is 1. The summed E-state index contributed by atoms with van der Waals surface area (Å²) in [7, 11) is 2.11. The lowest BCUT2D eigenvalue weighted by Crippen LogP contribution is -2.49. The Morgan fingerprint density at radius 2 is 2.13 bits per heavy atom. The van der Waals surface area contributed by atoms with E-state index in [0.29, 0.717) is 23.8 Å². The highest BCUT2D eigenvalue weighted by Gasteiger charge is 2.28. The SMILES string of the molecule is CN1CCN(C(=O)CCc2cc(Cl)no2)C[C@H]1c1ccccc1. The number of likely N-dealkylation sites (N-methyl/N-ethyl adjacent to an activating group) is 1. The summed E-state index contributed by atoms with van der Waals surface area (Å²) >= 11 is 5.72. The summed E-state index contributed by atoms with van der Waals surface area (Å²) < 4.78 is 5.05. The first kappa shape index (κ1) is 16.0. The molecule has 1 aromatic heterocycles. The molecule has 2 heterocycles. The molecule has 0 aliphatic carbocycles. The molecule has 0 saturated carbocycles. The number of aryl methyl sites for hydroxylation is 1. The fourth-order valence-corrected chi connectivity index (χ4v) is 3.09. The Morgan fingerprint density at radius 1 is 1.35 bits per heavy atom. The Morgan fingerprint density at radius 3 is 2.83 bits per heavy atom. The molecule has 23 heavy (non-hydrogen) atoms. The predicted molar refractivity (Wildman–Crippen MR) is 88.2 cm³/mol. The van der Waals surface area contributed by atoms with Crippen molar-refractivity contribution in [3.8, 4) is 0 Å². The Balaban J connectivity index is 1.60. The first-order chi connectivity index (χ1) is 11.1. The van der Waals surface area contributed by atoms with Gasteiger partial charge in [0, 0.05) is 38.5 Å². The van der Waals surface area contributed by atoms with E-state index in [-0.39, 0.29) is 11.9 Å². The van der Waals surface area contributed by atoms with Crippen LogP contribution < -0.4 is 0 Å². The zero-order valence-electron chi connectivity index (χ0n) is 13.1. The van der Waals surface area contributed by atoms with Crippen LogP contribution in [0, 0.1) is 0 Å². The smallest absolute Gasteiger partial charge is 0.223 e. The fraction of sp³-hybridized carbons (Fsp3) is 0.412. The van der Waals surface area contributed by atoms with Crippen LogP contribution in [0.1, 0.15) is 23.8 Å². The van der Waals surface area contributed by atoms with Crippen molar-refractivity contribution in [3.05, 3.63) is 52.9 Å². The third kappa shape index (κ3) is 3.92. The van der Waals surface area contributed by atoms with Crippen molar-refractivity contribution >= 4 is 17.5 Å². The van der Waals surface area contributed by atoms with Gasteiger partial charge >= 0.3 is 0 Å². The topological polar surface area (TPSA) is 49.6 Å². The Hall–Kier alpha value is -1.85. The zero-order chi connectivity index (χ0) is 16.2. The van der Waals surface area contributed by atoms with E-state index in [0.717, 1.165) is 19.6 Å². The molecule has 1 aliphatic rings. The number of benzene rings is 1. The van der Waals surface area contributed by atoms with E-state index in [1.165, 1.54) is 5.56 Å². The number of piperazine rings is 1. The molecule has 3 rings (SSSR count). The number of hydrogen-bond donors (Lipinski definition) is 0. The van der Waals surface area contributed by atoms with Gasteiger partial charge in [-0.15, -0.1) is 0 Å². The number of nitrogens with zero attached hydrogens (tertiary/aromatic N) is 3. The maximum atomic E-state index is 12.5. The number of amides is 1. The highest BCUT2D eigenvalue weighted by molar-refractivity contribution is 6.29. The van der Waals surface area contributed by atoms with Crippen LogP contribution in [0.4, 0.5) is 0 Å². The molecule has 1 aliphatic heterocycles. The van der Waals surface area contributed by atoms with Crippen LogP contribution in [-0.2, 0) is 11.2 Å². The minimum absolute atomic E-state index is 0.145. The van der Waals surface area contributed by atoms with Crippen molar-refractivity contribution in [2.45, 2.75) is 18.9 Å². The Kier molecular flexibility index (Phi) is 4.98. The lowest BCUT2D eigenvalue weighted by Gasteiger charge is -2.39. The summed E-state index contributed by atoms with van der Waals surface area (Å²) in [6.07, 6.45) is 0.942. The lowest BCUT2D eigenvalue weighted by molar-refractivity contribution is -0.134. The molecular formula is C17H20ClN3O2. The molecule has 0 radical (unpaired) electrons. The number of carbonyl (C=O) groups is 1. The number of hydrogen-bond acceptors (Lipinski definition) is 4. The maximum Gasteiger partial charge on any atom is 0.223 e. The molecule has 0 spiro atoms. The van der Waals surface area contributed by atoms with Crippen molar-refractivity contribution in [3.63, 3.8) is 0 Å². The van der Waals surface area contributed by atoms with Crippen molar-refractivity contribution < 1.29 is 9.32 Å². The lowest BCUT2D eigenvalue weighted by atomic mass is 10.0. The third-order valence-corrected chi connectivity index (χ3v) is 4.48. The normalized spacial score (nSPS) is 19.0. The van der Waals surface area contributed by atoms with E-state index >= 15 is 0 Å². The number of carbonyl (C=O) groups excluding carboxylic acids is 1. The molecule has 0 N–H and O–H groups in total. The average molecular weight is 334 g/mol. The molecule has 1 atom stereocenters. The molecule has 122 valence electrons. The summed E-state index contributed by atoms with van der Waals surface area (Å²) in [5, 5.41) is 3.96. The maximum absolute atomic E-state index is 12.5. The highest BCUT2D eigenvalue weighted by atomic mass is 35.5. The van der Waals surface area contributed by atoms with Crippen LogP contribution in [0.2, 0.25) is 5.15 Å². The molecular weight excluding hydrogens is 314 g/mol. The van der Waals surface area contributed by atoms with Gasteiger partial charge in [-0.2, -0.15) is 0 Å². The summed E-state index contributed by atoms with van der Waals surface area (Å²) in [6, 6.07) is 12.2. The van der Waals surface area contributed by atoms with Crippen molar-refractivity contribution in [1.29, 1.82) is 0 Å². The Bertz CT molecular complexity index is 659. The zero-order valence-corrected chi connectivity index (χ0v) is 13.9. The van der Waals surface area contributed by atoms with E-state index in [2.05, 4.69) is 29.2 Å². The van der Waals surface area contributed by atoms with E-state index in [1.54, 1.807) is 6.07 Å². The molecule has 0 bridgehead atoms. The first-order valence-corrected chi connectivity index (χ1v) is 8.15. The quantitative estimate of drug-likeness (QED) is 0.863. The summed E-state index contributed by atoms with van der Waals surface area (Å²) in [6.45, 7) is 2.35. The minimum Gasteiger partial charge on any atom is -0.360 e. The van der Waals surface area contributed by atoms with Gasteiger partial charge in [-0.25, -0.2) is 0 Å². The summed E-state index contributed by atoms with van der Waals surface area (Å²) in [4.78, 5) is 16.7. The van der Waals surface area contributed by atoms with Gasteiger partial charge in [0.25, 0.3) is 0 Å². The standard InChI is InChI=1S/C17H20ClN3O2/c1-20-9-10-21(12-15(20)13-5-3-2-4-6-13)17(22)8-7-14-11-16(18)19-23-14/h2-6,11,15H,7-10,12H2,1H3/t15-/m0/s1. The van der Waals surface area contributed by atoms with Gasteiger partial charge in [-0.05, 0) is 12.6 Å². The molecule has 2 aromatic rings. The van der Waals surface area contributed by atoms with Crippen LogP contribution in [-0.4, -0.2) is 47.5 Å². The monoisotopic (exact) mass is 333 g/mol. The van der Waals surface area contributed by atoms with Crippen LogP contribution in [0.15, 0.2) is 40.9 Å². The van der Waals surface area contributed by atoms with E-state index in [1.807, 2.05) is 23.1 Å². The van der Waals surface area contributed by atoms with Gasteiger partial charge in [0.15, 0.2) is 5.15 Å². The molecule has 5 nitrogen and oxygen atoms in total.